The van der Waals surface area contributed by atoms with Crippen LogP contribution in [0.2, 0.25) is 0 Å². The highest BCUT2D eigenvalue weighted by molar-refractivity contribution is 7.92. The number of anilines is 1. The number of sulfonamides is 1. The standard InChI is InChI=1S/C18H20N2O3S/c1-4-10-19-18(21)15-6-5-7-17(12-15)24(22,23)20-16-9-8-13(2)14(3)11-16/h4-9,11-12,20H,1,10H2,2-3H3,(H,19,21). The summed E-state index contributed by atoms with van der Waals surface area (Å²) in [7, 11) is -3.77. The number of rotatable bonds is 6. The quantitative estimate of drug-likeness (QED) is 0.791. The molecule has 0 aliphatic carbocycles. The highest BCUT2D eigenvalue weighted by Gasteiger charge is 2.16. The Kier molecular flexibility index (Phi) is 5.41. The van der Waals surface area contributed by atoms with Crippen LogP contribution in [-0.2, 0) is 10.0 Å². The molecule has 6 heteroatoms. The first-order chi connectivity index (χ1) is 11.3. The van der Waals surface area contributed by atoms with Gasteiger partial charge in [-0.25, -0.2) is 8.42 Å². The van der Waals surface area contributed by atoms with E-state index < -0.39 is 10.0 Å². The van der Waals surface area contributed by atoms with Crippen molar-refractivity contribution in [2.75, 3.05) is 11.3 Å². The van der Waals surface area contributed by atoms with Crippen LogP contribution in [0.15, 0.2) is 60.0 Å². The van der Waals surface area contributed by atoms with Gasteiger partial charge in [0.05, 0.1) is 4.90 Å². The molecule has 0 unspecified atom stereocenters. The summed E-state index contributed by atoms with van der Waals surface area (Å²) in [5, 5.41) is 2.62. The molecule has 0 fully saturated rings. The van der Waals surface area contributed by atoms with E-state index in [0.29, 0.717) is 12.2 Å². The largest absolute Gasteiger partial charge is 0.349 e. The average molecular weight is 344 g/mol. The summed E-state index contributed by atoms with van der Waals surface area (Å²) in [6.45, 7) is 7.71. The van der Waals surface area contributed by atoms with Crippen molar-refractivity contribution in [3.8, 4) is 0 Å². The van der Waals surface area contributed by atoms with Crippen molar-refractivity contribution in [3.63, 3.8) is 0 Å². The van der Waals surface area contributed by atoms with Gasteiger partial charge in [0.15, 0.2) is 0 Å². The van der Waals surface area contributed by atoms with E-state index in [9.17, 15) is 13.2 Å². The summed E-state index contributed by atoms with van der Waals surface area (Å²) in [4.78, 5) is 12.0. The molecule has 0 aromatic heterocycles. The molecule has 0 aliphatic heterocycles. The molecule has 0 saturated heterocycles. The number of benzene rings is 2. The number of nitrogens with one attached hydrogen (secondary N) is 2. The minimum atomic E-state index is -3.77. The Morgan fingerprint density at radius 1 is 1.12 bits per heavy atom. The lowest BCUT2D eigenvalue weighted by molar-refractivity contribution is 0.0958. The Morgan fingerprint density at radius 3 is 2.54 bits per heavy atom. The molecule has 24 heavy (non-hydrogen) atoms. The Bertz CT molecular complexity index is 874. The lowest BCUT2D eigenvalue weighted by Gasteiger charge is -2.11. The van der Waals surface area contributed by atoms with Crippen LogP contribution in [0.25, 0.3) is 0 Å². The summed E-state index contributed by atoms with van der Waals surface area (Å²) in [6, 6.07) is 11.2. The third-order valence-corrected chi connectivity index (χ3v) is 4.95. The van der Waals surface area contributed by atoms with Gasteiger partial charge in [-0.15, -0.1) is 6.58 Å². The number of hydrogen-bond donors (Lipinski definition) is 2. The van der Waals surface area contributed by atoms with E-state index in [1.807, 2.05) is 19.9 Å². The van der Waals surface area contributed by atoms with Crippen LogP contribution >= 0.6 is 0 Å². The maximum absolute atomic E-state index is 12.5. The Balaban J connectivity index is 2.27. The number of amides is 1. The van der Waals surface area contributed by atoms with Crippen molar-refractivity contribution in [1.29, 1.82) is 0 Å². The van der Waals surface area contributed by atoms with E-state index in [0.717, 1.165) is 11.1 Å². The van der Waals surface area contributed by atoms with Crippen molar-refractivity contribution in [1.82, 2.24) is 5.32 Å². The first-order valence-electron chi connectivity index (χ1n) is 7.43. The SMILES string of the molecule is C=CCNC(=O)c1cccc(S(=O)(=O)Nc2ccc(C)c(C)c2)c1. The molecule has 0 spiro atoms. The first-order valence-corrected chi connectivity index (χ1v) is 8.91. The third kappa shape index (κ3) is 4.23. The summed E-state index contributed by atoms with van der Waals surface area (Å²) in [5.41, 5.74) is 2.84. The minimum absolute atomic E-state index is 0.0342. The maximum atomic E-state index is 12.5. The van der Waals surface area contributed by atoms with Gasteiger partial charge in [0.2, 0.25) is 0 Å². The zero-order valence-electron chi connectivity index (χ0n) is 13.7. The average Bonchev–Trinajstić information content (AvgIpc) is 2.56. The highest BCUT2D eigenvalue weighted by atomic mass is 32.2. The van der Waals surface area contributed by atoms with Crippen LogP contribution in [0.3, 0.4) is 0 Å². The zero-order chi connectivity index (χ0) is 17.7. The molecule has 2 aromatic rings. The van der Waals surface area contributed by atoms with Crippen LogP contribution in [0, 0.1) is 13.8 Å². The molecule has 5 nitrogen and oxygen atoms in total. The van der Waals surface area contributed by atoms with Gasteiger partial charge in [-0.2, -0.15) is 0 Å². The normalized spacial score (nSPS) is 10.9. The van der Waals surface area contributed by atoms with Crippen molar-refractivity contribution < 1.29 is 13.2 Å². The van der Waals surface area contributed by atoms with Crippen LogP contribution in [0.1, 0.15) is 21.5 Å². The van der Waals surface area contributed by atoms with Crippen LogP contribution in [-0.4, -0.2) is 20.9 Å². The molecule has 0 bridgehead atoms. The van der Waals surface area contributed by atoms with Gasteiger partial charge in [-0.3, -0.25) is 9.52 Å². The topological polar surface area (TPSA) is 75.3 Å². The summed E-state index contributed by atoms with van der Waals surface area (Å²) in [5.74, 6) is -0.349. The smallest absolute Gasteiger partial charge is 0.261 e. The van der Waals surface area contributed by atoms with Gasteiger partial charge in [-0.05, 0) is 55.3 Å². The molecular formula is C18H20N2O3S. The van der Waals surface area contributed by atoms with Gasteiger partial charge in [0.1, 0.15) is 0 Å². The van der Waals surface area contributed by atoms with E-state index in [4.69, 9.17) is 0 Å². The van der Waals surface area contributed by atoms with E-state index in [1.165, 1.54) is 18.2 Å². The van der Waals surface area contributed by atoms with Gasteiger partial charge < -0.3 is 5.32 Å². The fraction of sp³-hybridized carbons (Fsp3) is 0.167. The van der Waals surface area contributed by atoms with E-state index in [2.05, 4.69) is 16.6 Å². The first kappa shape index (κ1) is 17.7. The molecule has 126 valence electrons. The fourth-order valence-corrected chi connectivity index (χ4v) is 3.19. The van der Waals surface area contributed by atoms with Gasteiger partial charge >= 0.3 is 0 Å². The molecule has 1 amide bonds. The molecule has 2 rings (SSSR count). The van der Waals surface area contributed by atoms with E-state index in [-0.39, 0.29) is 16.4 Å². The lowest BCUT2D eigenvalue weighted by atomic mass is 10.1. The fourth-order valence-electron chi connectivity index (χ4n) is 2.09. The second kappa shape index (κ2) is 7.31. The van der Waals surface area contributed by atoms with Gasteiger partial charge in [0.25, 0.3) is 15.9 Å². The zero-order valence-corrected chi connectivity index (χ0v) is 14.5. The molecule has 2 N–H and O–H groups in total. The second-order valence-electron chi connectivity index (χ2n) is 5.43. The highest BCUT2D eigenvalue weighted by Crippen LogP contribution is 2.19. The molecule has 2 aromatic carbocycles. The third-order valence-electron chi connectivity index (χ3n) is 3.57. The van der Waals surface area contributed by atoms with Crippen molar-refractivity contribution in [2.45, 2.75) is 18.7 Å². The number of aryl methyl sites for hydroxylation is 2. The molecule has 0 atom stereocenters. The van der Waals surface area contributed by atoms with E-state index in [1.54, 1.807) is 24.3 Å². The molecule has 0 radical (unpaired) electrons. The van der Waals surface area contributed by atoms with Gasteiger partial charge in [0, 0.05) is 17.8 Å². The van der Waals surface area contributed by atoms with Crippen LogP contribution < -0.4 is 10.0 Å². The predicted octanol–water partition coefficient (Wildman–Crippen LogP) is 3.02. The molecule has 0 saturated carbocycles. The Labute approximate surface area is 142 Å². The molecule has 0 heterocycles. The second-order valence-corrected chi connectivity index (χ2v) is 7.11. The van der Waals surface area contributed by atoms with Gasteiger partial charge in [-0.1, -0.05) is 18.2 Å². The lowest BCUT2D eigenvalue weighted by Crippen LogP contribution is -2.23. The Hall–Kier alpha value is -2.60. The molecule has 0 aliphatic rings. The monoisotopic (exact) mass is 344 g/mol. The van der Waals surface area contributed by atoms with Crippen LogP contribution in [0.5, 0.6) is 0 Å². The minimum Gasteiger partial charge on any atom is -0.349 e. The summed E-state index contributed by atoms with van der Waals surface area (Å²) < 4.78 is 27.6. The van der Waals surface area contributed by atoms with E-state index >= 15 is 0 Å². The number of carbonyl (C=O) groups excluding carboxylic acids is 1. The van der Waals surface area contributed by atoms with Crippen molar-refractivity contribution >= 4 is 21.6 Å². The van der Waals surface area contributed by atoms with Crippen molar-refractivity contribution in [3.05, 3.63) is 71.8 Å². The van der Waals surface area contributed by atoms with Crippen LogP contribution in [0.4, 0.5) is 5.69 Å². The summed E-state index contributed by atoms with van der Waals surface area (Å²) in [6.07, 6.45) is 1.56. The summed E-state index contributed by atoms with van der Waals surface area (Å²) >= 11 is 0. The van der Waals surface area contributed by atoms with Crippen molar-refractivity contribution in [2.24, 2.45) is 0 Å². The number of hydrogen-bond acceptors (Lipinski definition) is 3. The number of carbonyl (C=O) groups is 1. The predicted molar refractivity (Wildman–Crippen MR) is 95.7 cm³/mol. The Morgan fingerprint density at radius 2 is 1.88 bits per heavy atom. The maximum Gasteiger partial charge on any atom is 0.261 e. The molecular weight excluding hydrogens is 324 g/mol.